The van der Waals surface area contributed by atoms with Crippen molar-refractivity contribution in [2.24, 2.45) is 23.0 Å². The first-order chi connectivity index (χ1) is 22.2. The first kappa shape index (κ1) is 34.0. The number of fused-ring (bicyclic) bond motifs is 3. The highest BCUT2D eigenvalue weighted by Gasteiger charge is 2.48. The van der Waals surface area contributed by atoms with Gasteiger partial charge in [-0.3, -0.25) is 14.5 Å². The predicted octanol–water partition coefficient (Wildman–Crippen LogP) is 1.48. The minimum absolute atomic E-state index is 0.148. The van der Waals surface area contributed by atoms with Crippen LogP contribution in [0.5, 0.6) is 0 Å². The maximum atomic E-state index is 15.7. The molecule has 7 rings (SSSR count). The summed E-state index contributed by atoms with van der Waals surface area (Å²) in [6, 6.07) is -1.34. The van der Waals surface area contributed by atoms with Gasteiger partial charge in [-0.25, -0.2) is 8.78 Å². The zero-order valence-corrected chi connectivity index (χ0v) is 27.8. The molecule has 0 aromatic heterocycles. The van der Waals surface area contributed by atoms with Gasteiger partial charge >= 0.3 is 0 Å². The summed E-state index contributed by atoms with van der Waals surface area (Å²) < 4.78 is 30.6. The Morgan fingerprint density at radius 2 is 1.61 bits per heavy atom. The summed E-state index contributed by atoms with van der Waals surface area (Å²) in [7, 11) is 0. The lowest BCUT2D eigenvalue weighted by molar-refractivity contribution is -0.152. The molecule has 46 heavy (non-hydrogen) atoms. The Bertz CT molecular complexity index is 1060. The molecule has 12 heteroatoms. The third-order valence-corrected chi connectivity index (χ3v) is 12.1. The van der Waals surface area contributed by atoms with Crippen LogP contribution in [0.25, 0.3) is 0 Å². The summed E-state index contributed by atoms with van der Waals surface area (Å²) >= 11 is 0. The normalized spacial score (nSPS) is 41.5. The highest BCUT2D eigenvalue weighted by Crippen LogP contribution is 2.42. The van der Waals surface area contributed by atoms with Gasteiger partial charge < -0.3 is 36.8 Å². The number of halogens is 2. The predicted molar refractivity (Wildman–Crippen MR) is 175 cm³/mol. The zero-order chi connectivity index (χ0) is 32.3. The largest absolute Gasteiger partial charge is 0.373 e. The molecular weight excluding hydrogens is 590 g/mol. The fourth-order valence-corrected chi connectivity index (χ4v) is 9.17. The minimum Gasteiger partial charge on any atom is -0.373 e. The molecule has 0 spiro atoms. The lowest BCUT2D eigenvalue weighted by Crippen LogP contribution is -2.69. The van der Waals surface area contributed by atoms with Crippen LogP contribution in [-0.4, -0.2) is 129 Å². The molecule has 6 fully saturated rings. The number of nitrogens with two attached hydrogens (primary N) is 1. The Hall–Kier alpha value is -1.86. The van der Waals surface area contributed by atoms with Gasteiger partial charge in [0, 0.05) is 57.6 Å². The SMILES string of the molecule is CC1NCC(F)C/C=C(/C2CCCCCC2)NC(N)C1C(=O)NC1CNCC(F)C1N1CCN(C(=O)C23CCN(CC2)CC3)CC1. The second-order valence-electron chi connectivity index (χ2n) is 15.1. The fourth-order valence-electron chi connectivity index (χ4n) is 9.17. The molecule has 7 unspecified atom stereocenters. The molecule has 7 aliphatic rings. The number of carbonyl (C=O) groups is 2. The van der Waals surface area contributed by atoms with Crippen molar-refractivity contribution in [3.05, 3.63) is 11.8 Å². The van der Waals surface area contributed by atoms with Gasteiger partial charge in [0.05, 0.1) is 29.6 Å². The van der Waals surface area contributed by atoms with Gasteiger partial charge in [0.2, 0.25) is 11.8 Å². The molecule has 0 aromatic rings. The minimum atomic E-state index is -1.16. The first-order valence-corrected chi connectivity index (χ1v) is 18.2. The molecule has 6 heterocycles. The number of rotatable bonds is 5. The summed E-state index contributed by atoms with van der Waals surface area (Å²) in [5, 5.41) is 13.0. The molecule has 1 saturated carbocycles. The Balaban J connectivity index is 1.11. The molecule has 0 aromatic carbocycles. The number of piperazine rings is 1. The zero-order valence-electron chi connectivity index (χ0n) is 27.8. The summed E-state index contributed by atoms with van der Waals surface area (Å²) in [6.45, 7) is 8.07. The average molecular weight is 649 g/mol. The van der Waals surface area contributed by atoms with Gasteiger partial charge in [-0.15, -0.1) is 0 Å². The number of nitrogens with one attached hydrogen (secondary N) is 4. The molecule has 2 bridgehead atoms. The van der Waals surface area contributed by atoms with Gasteiger partial charge in [-0.1, -0.05) is 31.8 Å². The number of alkyl halides is 2. The number of hydrogen-bond donors (Lipinski definition) is 5. The van der Waals surface area contributed by atoms with Crippen molar-refractivity contribution < 1.29 is 18.4 Å². The van der Waals surface area contributed by atoms with Crippen LogP contribution in [0.1, 0.15) is 71.1 Å². The third kappa shape index (κ3) is 7.56. The quantitative estimate of drug-likeness (QED) is 0.285. The lowest BCUT2D eigenvalue weighted by atomic mass is 9.71. The molecule has 6 N–H and O–H groups in total. The second-order valence-corrected chi connectivity index (χ2v) is 15.1. The van der Waals surface area contributed by atoms with Crippen LogP contribution in [0.15, 0.2) is 11.8 Å². The van der Waals surface area contributed by atoms with E-state index in [0.717, 1.165) is 70.3 Å². The van der Waals surface area contributed by atoms with Crippen molar-refractivity contribution in [2.75, 3.05) is 65.4 Å². The molecule has 2 amide bonds. The maximum Gasteiger partial charge on any atom is 0.229 e. The van der Waals surface area contributed by atoms with E-state index in [1.807, 2.05) is 17.9 Å². The summed E-state index contributed by atoms with van der Waals surface area (Å²) in [6.07, 6.45) is 8.99. The maximum absolute atomic E-state index is 15.7. The van der Waals surface area contributed by atoms with E-state index in [9.17, 15) is 14.0 Å². The molecule has 10 nitrogen and oxygen atoms in total. The third-order valence-electron chi connectivity index (χ3n) is 12.1. The molecule has 5 saturated heterocycles. The molecule has 0 radical (unpaired) electrons. The standard InChI is InChI=1S/C34H58F2N8O2/c1-23-29(31(37)40-27(9-8-25(35)20-39-23)24-6-4-2-3-5-7-24)32(45)41-28-22-38-21-26(36)30(28)43-16-18-44(19-17-43)33(46)34-10-13-42(14-11-34)15-12-34/h9,23-26,28-31,38-40H,2-8,10-22,37H2,1H3,(H,41,45)/b27-9-. The summed E-state index contributed by atoms with van der Waals surface area (Å²) in [5.41, 5.74) is 7.54. The van der Waals surface area contributed by atoms with Crippen LogP contribution in [-0.2, 0) is 9.59 Å². The van der Waals surface area contributed by atoms with Crippen molar-refractivity contribution >= 4 is 11.8 Å². The van der Waals surface area contributed by atoms with Gasteiger partial charge in [0.15, 0.2) is 0 Å². The fraction of sp³-hybridized carbons (Fsp3) is 0.882. The Kier molecular flexibility index (Phi) is 11.2. The monoisotopic (exact) mass is 648 g/mol. The number of allylic oxidation sites excluding steroid dienone is 2. The number of carbonyl (C=O) groups excluding carboxylic acids is 2. The van der Waals surface area contributed by atoms with E-state index in [1.54, 1.807) is 0 Å². The highest BCUT2D eigenvalue weighted by atomic mass is 19.1. The first-order valence-electron chi connectivity index (χ1n) is 18.2. The summed E-state index contributed by atoms with van der Waals surface area (Å²) in [4.78, 5) is 34.4. The van der Waals surface area contributed by atoms with Gasteiger partial charge in [-0.2, -0.15) is 0 Å². The van der Waals surface area contributed by atoms with E-state index in [2.05, 4.69) is 31.1 Å². The van der Waals surface area contributed by atoms with Crippen molar-refractivity contribution in [3.8, 4) is 0 Å². The van der Waals surface area contributed by atoms with Crippen molar-refractivity contribution in [1.82, 2.24) is 36.0 Å². The van der Waals surface area contributed by atoms with Crippen LogP contribution in [0.2, 0.25) is 0 Å². The summed E-state index contributed by atoms with van der Waals surface area (Å²) in [5.74, 6) is -0.359. The van der Waals surface area contributed by atoms with Crippen LogP contribution in [0.4, 0.5) is 8.78 Å². The second kappa shape index (κ2) is 15.1. The van der Waals surface area contributed by atoms with E-state index in [1.165, 1.54) is 12.8 Å². The van der Waals surface area contributed by atoms with Crippen LogP contribution in [0, 0.1) is 17.3 Å². The van der Waals surface area contributed by atoms with Crippen LogP contribution >= 0.6 is 0 Å². The highest BCUT2D eigenvalue weighted by molar-refractivity contribution is 5.83. The van der Waals surface area contributed by atoms with E-state index in [0.29, 0.717) is 45.1 Å². The molecule has 6 aliphatic heterocycles. The van der Waals surface area contributed by atoms with Crippen LogP contribution in [0.3, 0.4) is 0 Å². The average Bonchev–Trinajstić information content (AvgIpc) is 3.36. The number of amides is 2. The Morgan fingerprint density at radius 1 is 0.935 bits per heavy atom. The number of hydrogen-bond acceptors (Lipinski definition) is 8. The lowest BCUT2D eigenvalue weighted by Gasteiger charge is -2.51. The van der Waals surface area contributed by atoms with E-state index in [4.69, 9.17) is 5.73 Å². The van der Waals surface area contributed by atoms with E-state index in [-0.39, 0.29) is 36.4 Å². The molecule has 260 valence electrons. The topological polar surface area (TPSA) is 118 Å². The molecule has 1 aliphatic carbocycles. The van der Waals surface area contributed by atoms with Gasteiger partial charge in [0.1, 0.15) is 12.3 Å². The van der Waals surface area contributed by atoms with Crippen LogP contribution < -0.4 is 27.0 Å². The van der Waals surface area contributed by atoms with Gasteiger partial charge in [0.25, 0.3) is 0 Å². The number of piperidine rings is 4. The molecular formula is C34H58F2N8O2. The Labute approximate surface area is 274 Å². The van der Waals surface area contributed by atoms with Gasteiger partial charge in [-0.05, 0) is 71.0 Å². The van der Waals surface area contributed by atoms with E-state index >= 15 is 4.39 Å². The Morgan fingerprint density at radius 3 is 2.28 bits per heavy atom. The van der Waals surface area contributed by atoms with Crippen molar-refractivity contribution in [3.63, 3.8) is 0 Å². The smallest absolute Gasteiger partial charge is 0.229 e. The molecule has 7 atom stereocenters. The van der Waals surface area contributed by atoms with Crippen molar-refractivity contribution in [1.29, 1.82) is 0 Å². The van der Waals surface area contributed by atoms with E-state index < -0.39 is 36.5 Å². The number of nitrogens with zero attached hydrogens (tertiary/aromatic N) is 3. The van der Waals surface area contributed by atoms with Crippen molar-refractivity contribution in [2.45, 2.75) is 108 Å².